The molecule has 0 amide bonds. The second kappa shape index (κ2) is 6.19. The molecule has 0 heterocycles. The molecule has 0 fully saturated rings. The van der Waals surface area contributed by atoms with E-state index in [0.717, 1.165) is 4.90 Å². The Morgan fingerprint density at radius 3 is 2.28 bits per heavy atom. The fourth-order valence-corrected chi connectivity index (χ4v) is 3.48. The molecule has 0 aromatic heterocycles. The minimum Gasteiger partial charge on any atom is -0.493 e. The van der Waals surface area contributed by atoms with Crippen molar-refractivity contribution < 1.29 is 17.9 Å². The van der Waals surface area contributed by atoms with E-state index in [4.69, 9.17) is 15.2 Å². The molecule has 7 heteroatoms. The fourth-order valence-electron chi connectivity index (χ4n) is 1.30. The molecule has 18 heavy (non-hydrogen) atoms. The summed E-state index contributed by atoms with van der Waals surface area (Å²) in [4.78, 5) is 0.788. The first kappa shape index (κ1) is 15.0. The number of nitrogen functional groups attached to an aromatic ring is 1. The molecule has 0 saturated carbocycles. The smallest absolute Gasteiger partial charge is 0.162 e. The summed E-state index contributed by atoms with van der Waals surface area (Å²) in [7, 11) is 0.123. The Hall–Kier alpha value is -1.08. The number of thioether (sulfide) groups is 1. The highest BCUT2D eigenvalue weighted by Gasteiger charge is 2.10. The Morgan fingerprint density at radius 1 is 1.22 bits per heavy atom. The van der Waals surface area contributed by atoms with Crippen LogP contribution < -0.4 is 15.2 Å². The van der Waals surface area contributed by atoms with Gasteiger partial charge in [0, 0.05) is 28.7 Å². The lowest BCUT2D eigenvalue weighted by Crippen LogP contribution is -2.05. The summed E-state index contributed by atoms with van der Waals surface area (Å²) in [6.45, 7) is 0. The van der Waals surface area contributed by atoms with Gasteiger partial charge < -0.3 is 15.2 Å². The number of sulfone groups is 1. The third-order valence-electron chi connectivity index (χ3n) is 2.23. The molecule has 5 nitrogen and oxygen atoms in total. The van der Waals surface area contributed by atoms with Crippen molar-refractivity contribution in [1.82, 2.24) is 0 Å². The van der Waals surface area contributed by atoms with Crippen LogP contribution in [0.5, 0.6) is 11.5 Å². The van der Waals surface area contributed by atoms with Gasteiger partial charge in [0.05, 0.1) is 20.0 Å². The molecule has 0 atom stereocenters. The number of nitrogens with two attached hydrogens (primary N) is 1. The third kappa shape index (κ3) is 4.30. The van der Waals surface area contributed by atoms with Crippen LogP contribution in [0.15, 0.2) is 17.0 Å². The minimum absolute atomic E-state index is 0.117. The second-order valence-electron chi connectivity index (χ2n) is 3.72. The van der Waals surface area contributed by atoms with Gasteiger partial charge in [-0.3, -0.25) is 0 Å². The van der Waals surface area contributed by atoms with Crippen LogP contribution >= 0.6 is 11.8 Å². The lowest BCUT2D eigenvalue weighted by atomic mass is 10.3. The molecule has 0 aliphatic heterocycles. The Labute approximate surface area is 112 Å². The van der Waals surface area contributed by atoms with Gasteiger partial charge in [0.1, 0.15) is 9.84 Å². The average molecular weight is 291 g/mol. The van der Waals surface area contributed by atoms with Gasteiger partial charge in [-0.1, -0.05) is 0 Å². The van der Waals surface area contributed by atoms with E-state index in [2.05, 4.69) is 0 Å². The van der Waals surface area contributed by atoms with Crippen LogP contribution in [0.1, 0.15) is 0 Å². The highest BCUT2D eigenvalue weighted by atomic mass is 32.2. The Morgan fingerprint density at radius 2 is 1.78 bits per heavy atom. The lowest BCUT2D eigenvalue weighted by molar-refractivity contribution is 0.354. The van der Waals surface area contributed by atoms with E-state index < -0.39 is 9.84 Å². The first-order chi connectivity index (χ1) is 8.37. The van der Waals surface area contributed by atoms with Crippen LogP contribution in [0.4, 0.5) is 5.69 Å². The standard InChI is InChI=1S/C11H17NO4S2/c1-15-9-6-8(12)11(7-10(9)16-2)17-4-5-18(3,13)14/h6-7H,4-5,12H2,1-3H3. The van der Waals surface area contributed by atoms with Crippen molar-refractivity contribution in [2.75, 3.05) is 37.7 Å². The van der Waals surface area contributed by atoms with Crippen LogP contribution in [-0.2, 0) is 9.84 Å². The van der Waals surface area contributed by atoms with Crippen LogP contribution in [0.2, 0.25) is 0 Å². The van der Waals surface area contributed by atoms with Crippen molar-refractivity contribution >= 4 is 27.3 Å². The minimum atomic E-state index is -2.95. The Kier molecular flexibility index (Phi) is 5.15. The monoisotopic (exact) mass is 291 g/mol. The van der Waals surface area contributed by atoms with Gasteiger partial charge in [-0.25, -0.2) is 8.42 Å². The summed E-state index contributed by atoms with van der Waals surface area (Å²) in [5.74, 6) is 1.71. The molecule has 2 N–H and O–H groups in total. The maximum atomic E-state index is 11.0. The van der Waals surface area contributed by atoms with Crippen molar-refractivity contribution in [2.45, 2.75) is 4.90 Å². The van der Waals surface area contributed by atoms with Crippen molar-refractivity contribution in [3.05, 3.63) is 12.1 Å². The number of benzene rings is 1. The van der Waals surface area contributed by atoms with Crippen molar-refractivity contribution in [3.8, 4) is 11.5 Å². The lowest BCUT2D eigenvalue weighted by Gasteiger charge is -2.11. The quantitative estimate of drug-likeness (QED) is 0.631. The van der Waals surface area contributed by atoms with E-state index >= 15 is 0 Å². The van der Waals surface area contributed by atoms with Gasteiger partial charge in [0.25, 0.3) is 0 Å². The largest absolute Gasteiger partial charge is 0.493 e. The number of hydrogen-bond donors (Lipinski definition) is 1. The topological polar surface area (TPSA) is 78.6 Å². The maximum Gasteiger partial charge on any atom is 0.162 e. The van der Waals surface area contributed by atoms with E-state index in [0.29, 0.717) is 22.9 Å². The molecule has 102 valence electrons. The van der Waals surface area contributed by atoms with Crippen LogP contribution in [0.25, 0.3) is 0 Å². The van der Waals surface area contributed by atoms with Crippen molar-refractivity contribution in [1.29, 1.82) is 0 Å². The van der Waals surface area contributed by atoms with E-state index in [-0.39, 0.29) is 5.75 Å². The number of ether oxygens (including phenoxy) is 2. The highest BCUT2D eigenvalue weighted by Crippen LogP contribution is 2.36. The van der Waals surface area contributed by atoms with Gasteiger partial charge in [-0.05, 0) is 6.07 Å². The van der Waals surface area contributed by atoms with Crippen molar-refractivity contribution in [3.63, 3.8) is 0 Å². The summed E-state index contributed by atoms with van der Waals surface area (Å²) in [5.41, 5.74) is 6.41. The highest BCUT2D eigenvalue weighted by molar-refractivity contribution is 8.00. The SMILES string of the molecule is COc1cc(N)c(SCCS(C)(=O)=O)cc1OC. The summed E-state index contributed by atoms with van der Waals surface area (Å²) in [6.07, 6.45) is 1.21. The molecular weight excluding hydrogens is 274 g/mol. The normalized spacial score (nSPS) is 11.3. The number of rotatable bonds is 6. The van der Waals surface area contributed by atoms with Gasteiger partial charge in [0.15, 0.2) is 11.5 Å². The molecule has 0 unspecified atom stereocenters. The van der Waals surface area contributed by atoms with Crippen LogP contribution in [0.3, 0.4) is 0 Å². The fraction of sp³-hybridized carbons (Fsp3) is 0.455. The second-order valence-corrected chi connectivity index (χ2v) is 7.12. The molecule has 0 aliphatic rings. The molecular formula is C11H17NO4S2. The predicted octanol–water partition coefficient (Wildman–Crippen LogP) is 1.42. The van der Waals surface area contributed by atoms with E-state index in [1.807, 2.05) is 0 Å². The first-order valence-electron chi connectivity index (χ1n) is 5.19. The molecule has 1 aromatic rings. The Balaban J connectivity index is 2.83. The number of hydrogen-bond acceptors (Lipinski definition) is 6. The predicted molar refractivity (Wildman–Crippen MR) is 74.4 cm³/mol. The van der Waals surface area contributed by atoms with Gasteiger partial charge in [-0.2, -0.15) is 0 Å². The number of methoxy groups -OCH3 is 2. The number of anilines is 1. The summed E-state index contributed by atoms with van der Waals surface area (Å²) in [6, 6.07) is 3.42. The van der Waals surface area contributed by atoms with Crippen LogP contribution in [-0.4, -0.2) is 40.4 Å². The molecule has 0 aliphatic carbocycles. The summed E-state index contributed by atoms with van der Waals surface area (Å²) in [5, 5.41) is 0. The molecule has 0 radical (unpaired) electrons. The van der Waals surface area contributed by atoms with Crippen LogP contribution in [0, 0.1) is 0 Å². The van der Waals surface area contributed by atoms with E-state index in [1.165, 1.54) is 25.1 Å². The Bertz CT molecular complexity index is 514. The molecule has 1 aromatic carbocycles. The molecule has 0 saturated heterocycles. The van der Waals surface area contributed by atoms with Gasteiger partial charge in [-0.15, -0.1) is 11.8 Å². The van der Waals surface area contributed by atoms with Crippen molar-refractivity contribution in [2.24, 2.45) is 0 Å². The molecule has 0 bridgehead atoms. The van der Waals surface area contributed by atoms with Gasteiger partial charge >= 0.3 is 0 Å². The zero-order valence-electron chi connectivity index (χ0n) is 10.6. The zero-order chi connectivity index (χ0) is 13.8. The third-order valence-corrected chi connectivity index (χ3v) is 4.50. The summed E-state index contributed by atoms with van der Waals surface area (Å²) < 4.78 is 32.4. The maximum absolute atomic E-state index is 11.0. The summed E-state index contributed by atoms with van der Waals surface area (Å²) >= 11 is 1.38. The molecule has 1 rings (SSSR count). The first-order valence-corrected chi connectivity index (χ1v) is 8.24. The zero-order valence-corrected chi connectivity index (χ0v) is 12.2. The van der Waals surface area contributed by atoms with E-state index in [9.17, 15) is 8.42 Å². The average Bonchev–Trinajstić information content (AvgIpc) is 2.29. The molecule has 0 spiro atoms. The van der Waals surface area contributed by atoms with Gasteiger partial charge in [0.2, 0.25) is 0 Å². The van der Waals surface area contributed by atoms with E-state index in [1.54, 1.807) is 19.2 Å².